The molecule has 1 aromatic carbocycles. The summed E-state index contributed by atoms with van der Waals surface area (Å²) in [6.07, 6.45) is -7.25. The molecule has 0 aromatic heterocycles. The van der Waals surface area contributed by atoms with Gasteiger partial charge in [0.05, 0.1) is 7.11 Å². The normalized spacial score (nSPS) is 23.2. The van der Waals surface area contributed by atoms with E-state index < -0.39 is 54.6 Å². The van der Waals surface area contributed by atoms with Gasteiger partial charge in [0.15, 0.2) is 18.3 Å². The number of esters is 4. The van der Waals surface area contributed by atoms with Crippen LogP contribution in [0.15, 0.2) is 24.3 Å². The van der Waals surface area contributed by atoms with Crippen molar-refractivity contribution in [2.45, 2.75) is 51.5 Å². The van der Waals surface area contributed by atoms with Crippen molar-refractivity contribution < 1.29 is 47.6 Å². The fourth-order valence-electron chi connectivity index (χ4n) is 3.62. The van der Waals surface area contributed by atoms with Gasteiger partial charge in [-0.15, -0.1) is 23.2 Å². The van der Waals surface area contributed by atoms with Gasteiger partial charge in [0, 0.05) is 51.3 Å². The summed E-state index contributed by atoms with van der Waals surface area (Å²) in [5, 5.41) is 0. The van der Waals surface area contributed by atoms with Crippen molar-refractivity contribution in [2.24, 2.45) is 0 Å². The molecular weight excluding hydrogens is 521 g/mol. The molecule has 1 aliphatic rings. The van der Waals surface area contributed by atoms with Gasteiger partial charge in [-0.05, 0) is 24.3 Å². The molecule has 0 saturated carbocycles. The van der Waals surface area contributed by atoms with E-state index in [0.717, 1.165) is 33.6 Å². The summed E-state index contributed by atoms with van der Waals surface area (Å²) in [4.78, 5) is 50.0. The Morgan fingerprint density at radius 1 is 0.833 bits per heavy atom. The van der Waals surface area contributed by atoms with Crippen LogP contribution in [0.2, 0.25) is 0 Å². The molecule has 5 atom stereocenters. The van der Waals surface area contributed by atoms with Gasteiger partial charge in [-0.2, -0.15) is 0 Å². The number of benzene rings is 1. The van der Waals surface area contributed by atoms with Crippen molar-refractivity contribution in [3.8, 4) is 5.75 Å². The molecule has 1 fully saturated rings. The number of carbonyl (C=O) groups is 4. The fraction of sp³-hybridized carbons (Fsp3) is 0.565. The van der Waals surface area contributed by atoms with Gasteiger partial charge in [-0.1, -0.05) is 0 Å². The van der Waals surface area contributed by atoms with E-state index in [0.29, 0.717) is 24.8 Å². The number of hydrogen-bond acceptors (Lipinski definition) is 11. The molecular formula is C23H29Cl2NO10. The van der Waals surface area contributed by atoms with E-state index >= 15 is 0 Å². The van der Waals surface area contributed by atoms with Gasteiger partial charge >= 0.3 is 23.9 Å². The average molecular weight is 550 g/mol. The van der Waals surface area contributed by atoms with Gasteiger partial charge in [-0.3, -0.25) is 14.4 Å². The average Bonchev–Trinajstić information content (AvgIpc) is 2.81. The summed E-state index contributed by atoms with van der Waals surface area (Å²) in [6.45, 7) is 4.50. The standard InChI is InChI=1S/C23H29Cl2NO10/c1-13(27)32-18-19(33-14(2)28)21(34-15(3)29)23(36-20(18)22(30)31-4)35-17-7-5-16(6-8-17)26(11-9-24)12-10-25/h5-8,18-21,23H,9-12H2,1-4H3/t18-,19-,20-,21-,23+/m1/s1. The molecule has 1 aromatic rings. The zero-order valence-corrected chi connectivity index (χ0v) is 21.8. The molecule has 1 aliphatic heterocycles. The molecule has 0 bridgehead atoms. The molecule has 13 heteroatoms. The second kappa shape index (κ2) is 14.1. The number of hydrogen-bond donors (Lipinski definition) is 0. The lowest BCUT2D eigenvalue weighted by atomic mass is 9.97. The lowest BCUT2D eigenvalue weighted by molar-refractivity contribution is -0.282. The summed E-state index contributed by atoms with van der Waals surface area (Å²) in [7, 11) is 1.11. The number of halogens is 2. The summed E-state index contributed by atoms with van der Waals surface area (Å²) >= 11 is 11.7. The Morgan fingerprint density at radius 3 is 1.81 bits per heavy atom. The van der Waals surface area contributed by atoms with Crippen molar-refractivity contribution in [1.29, 1.82) is 0 Å². The van der Waals surface area contributed by atoms with E-state index in [1.807, 2.05) is 4.90 Å². The molecule has 0 spiro atoms. The Kier molecular flexibility index (Phi) is 11.5. The molecule has 0 amide bonds. The minimum absolute atomic E-state index is 0.286. The maximum absolute atomic E-state index is 12.5. The predicted molar refractivity (Wildman–Crippen MR) is 128 cm³/mol. The summed E-state index contributed by atoms with van der Waals surface area (Å²) in [5.74, 6) is -2.13. The predicted octanol–water partition coefficient (Wildman–Crippen LogP) is 2.04. The highest BCUT2D eigenvalue weighted by molar-refractivity contribution is 6.18. The molecule has 11 nitrogen and oxygen atoms in total. The van der Waals surface area contributed by atoms with Crippen LogP contribution in [0, 0.1) is 0 Å². The smallest absolute Gasteiger partial charge is 0.339 e. The van der Waals surface area contributed by atoms with Crippen LogP contribution < -0.4 is 9.64 Å². The highest BCUT2D eigenvalue weighted by atomic mass is 35.5. The minimum atomic E-state index is -1.54. The number of rotatable bonds is 11. The topological polar surface area (TPSA) is 127 Å². The largest absolute Gasteiger partial charge is 0.467 e. The molecule has 0 aliphatic carbocycles. The molecule has 2 rings (SSSR count). The van der Waals surface area contributed by atoms with Gasteiger partial charge in [0.1, 0.15) is 5.75 Å². The van der Waals surface area contributed by atoms with Crippen LogP contribution in [-0.4, -0.2) is 86.5 Å². The Labute approximate surface area is 218 Å². The lowest BCUT2D eigenvalue weighted by Crippen LogP contribution is -2.64. The molecule has 0 N–H and O–H groups in total. The Balaban J connectivity index is 2.41. The van der Waals surface area contributed by atoms with E-state index in [1.165, 1.54) is 0 Å². The van der Waals surface area contributed by atoms with E-state index in [-0.39, 0.29) is 5.75 Å². The number of ether oxygens (including phenoxy) is 6. The number of carbonyl (C=O) groups excluding carboxylic acids is 4. The molecule has 0 unspecified atom stereocenters. The van der Waals surface area contributed by atoms with Crippen LogP contribution in [0.25, 0.3) is 0 Å². The van der Waals surface area contributed by atoms with Gasteiger partial charge in [0.2, 0.25) is 12.4 Å². The molecule has 1 heterocycles. The maximum atomic E-state index is 12.5. The fourth-order valence-corrected chi connectivity index (χ4v) is 4.03. The SMILES string of the molecule is COC(=O)[C@@H]1O[C@H](Oc2ccc(N(CCCl)CCCl)cc2)[C@H](OC(C)=O)[C@H](OC(C)=O)[C@H]1OC(C)=O. The highest BCUT2D eigenvalue weighted by Gasteiger charge is 2.55. The van der Waals surface area contributed by atoms with Crippen LogP contribution in [0.5, 0.6) is 5.75 Å². The highest BCUT2D eigenvalue weighted by Crippen LogP contribution is 2.31. The molecule has 1 saturated heterocycles. The maximum Gasteiger partial charge on any atom is 0.339 e. The van der Waals surface area contributed by atoms with E-state index in [2.05, 4.69) is 0 Å². The van der Waals surface area contributed by atoms with Gasteiger partial charge < -0.3 is 33.3 Å². The van der Waals surface area contributed by atoms with Gasteiger partial charge in [0.25, 0.3) is 0 Å². The summed E-state index contributed by atoms with van der Waals surface area (Å²) in [5.41, 5.74) is 0.838. The van der Waals surface area contributed by atoms with E-state index in [1.54, 1.807) is 24.3 Å². The zero-order chi connectivity index (χ0) is 26.8. The minimum Gasteiger partial charge on any atom is -0.467 e. The zero-order valence-electron chi connectivity index (χ0n) is 20.3. The molecule has 200 valence electrons. The van der Waals surface area contributed by atoms with Crippen LogP contribution in [0.4, 0.5) is 5.69 Å². The van der Waals surface area contributed by atoms with Crippen molar-refractivity contribution in [1.82, 2.24) is 0 Å². The second-order valence-corrected chi connectivity index (χ2v) is 8.40. The number of alkyl halides is 2. The third kappa shape index (κ3) is 8.14. The first-order valence-corrected chi connectivity index (χ1v) is 12.1. The van der Waals surface area contributed by atoms with E-state index in [4.69, 9.17) is 51.6 Å². The van der Waals surface area contributed by atoms with Gasteiger partial charge in [-0.25, -0.2) is 4.79 Å². The molecule has 0 radical (unpaired) electrons. The first-order valence-electron chi connectivity index (χ1n) is 11.0. The Hall–Kier alpha value is -2.76. The quantitative estimate of drug-likeness (QED) is 0.228. The third-order valence-corrected chi connectivity index (χ3v) is 5.34. The second-order valence-electron chi connectivity index (χ2n) is 7.65. The monoisotopic (exact) mass is 549 g/mol. The first kappa shape index (κ1) is 29.5. The van der Waals surface area contributed by atoms with Crippen molar-refractivity contribution >= 4 is 52.8 Å². The van der Waals surface area contributed by atoms with Crippen molar-refractivity contribution in [3.05, 3.63) is 24.3 Å². The van der Waals surface area contributed by atoms with Crippen molar-refractivity contribution in [2.75, 3.05) is 36.9 Å². The first-order chi connectivity index (χ1) is 17.1. The summed E-state index contributed by atoms with van der Waals surface area (Å²) < 4.78 is 32.3. The molecule has 36 heavy (non-hydrogen) atoms. The summed E-state index contributed by atoms with van der Waals surface area (Å²) in [6, 6.07) is 6.79. The Morgan fingerprint density at radius 2 is 1.33 bits per heavy atom. The number of anilines is 1. The van der Waals surface area contributed by atoms with Crippen LogP contribution in [-0.2, 0) is 42.9 Å². The number of methoxy groups -OCH3 is 1. The van der Waals surface area contributed by atoms with E-state index in [9.17, 15) is 19.2 Å². The third-order valence-electron chi connectivity index (χ3n) is 5.00. The van der Waals surface area contributed by atoms with Crippen LogP contribution in [0.1, 0.15) is 20.8 Å². The number of nitrogens with zero attached hydrogens (tertiary/aromatic N) is 1. The van der Waals surface area contributed by atoms with Crippen LogP contribution in [0.3, 0.4) is 0 Å². The van der Waals surface area contributed by atoms with Crippen molar-refractivity contribution in [3.63, 3.8) is 0 Å². The van der Waals surface area contributed by atoms with Crippen LogP contribution >= 0.6 is 23.2 Å². The Bertz CT molecular complexity index is 907. The lowest BCUT2D eigenvalue weighted by Gasteiger charge is -2.43.